The van der Waals surface area contributed by atoms with Crippen LogP contribution in [0, 0.1) is 0 Å². The van der Waals surface area contributed by atoms with E-state index < -0.39 is 5.91 Å². The molecule has 272 valence electrons. The second-order valence-corrected chi connectivity index (χ2v) is 11.8. The molecule has 0 unspecified atom stereocenters. The van der Waals surface area contributed by atoms with Gasteiger partial charge < -0.3 is 32.3 Å². The van der Waals surface area contributed by atoms with Crippen molar-refractivity contribution in [2.45, 2.75) is 82.6 Å². The normalized spacial score (nSPS) is 14.3. The Labute approximate surface area is 300 Å². The van der Waals surface area contributed by atoms with Gasteiger partial charge >= 0.3 is 0 Å². The number of nitrogens with one attached hydrogen (secondary N) is 6. The van der Waals surface area contributed by atoms with Gasteiger partial charge in [-0.2, -0.15) is 0 Å². The molecular formula is C34H51Cl2N7O6. The van der Waals surface area contributed by atoms with E-state index in [0.717, 1.165) is 32.1 Å². The van der Waals surface area contributed by atoms with Gasteiger partial charge in [0.1, 0.15) is 0 Å². The molecule has 1 aliphatic carbocycles. The van der Waals surface area contributed by atoms with E-state index in [1.54, 1.807) is 29.7 Å². The zero-order valence-electron chi connectivity index (χ0n) is 27.8. The van der Waals surface area contributed by atoms with Crippen LogP contribution < -0.4 is 37.8 Å². The van der Waals surface area contributed by atoms with Gasteiger partial charge in [0, 0.05) is 67.7 Å². The van der Waals surface area contributed by atoms with Crippen LogP contribution >= 0.6 is 24.8 Å². The molecule has 0 aliphatic heterocycles. The van der Waals surface area contributed by atoms with Crippen LogP contribution in [-0.2, 0) is 19.2 Å². The largest absolute Gasteiger partial charge is 0.356 e. The zero-order valence-corrected chi connectivity index (χ0v) is 29.4. The number of hydrogen-bond acceptors (Lipinski definition) is 8. The molecule has 0 spiro atoms. The molecule has 2 aromatic rings. The summed E-state index contributed by atoms with van der Waals surface area (Å²) >= 11 is 0. The zero-order chi connectivity index (χ0) is 33.9. The number of rotatable bonds is 22. The molecule has 0 bridgehead atoms. The highest BCUT2D eigenvalue weighted by Gasteiger charge is 2.34. The number of anilines is 2. The highest BCUT2D eigenvalue weighted by Crippen LogP contribution is 2.39. The third-order valence-electron chi connectivity index (χ3n) is 7.82. The maximum atomic E-state index is 12.4. The molecule has 2 atom stereocenters. The predicted octanol–water partition coefficient (Wildman–Crippen LogP) is 3.76. The molecule has 1 saturated carbocycles. The average Bonchev–Trinajstić information content (AvgIpc) is 3.81. The lowest BCUT2D eigenvalue weighted by Crippen LogP contribution is -2.30. The van der Waals surface area contributed by atoms with E-state index in [9.17, 15) is 24.0 Å². The van der Waals surface area contributed by atoms with E-state index in [4.69, 9.17) is 10.9 Å². The molecular weight excluding hydrogens is 673 g/mol. The first kappa shape index (κ1) is 43.3. The highest BCUT2D eigenvalue weighted by molar-refractivity contribution is 5.96. The molecule has 0 heterocycles. The first-order chi connectivity index (χ1) is 22.7. The van der Waals surface area contributed by atoms with Gasteiger partial charge in [0.05, 0.1) is 0 Å². The Kier molecular flexibility index (Phi) is 21.5. The van der Waals surface area contributed by atoms with Crippen molar-refractivity contribution in [3.8, 4) is 0 Å². The molecule has 3 rings (SSSR count). The first-order valence-electron chi connectivity index (χ1n) is 16.5. The van der Waals surface area contributed by atoms with E-state index in [-0.39, 0.29) is 73.7 Å². The summed E-state index contributed by atoms with van der Waals surface area (Å²) in [6.07, 6.45) is 6.35. The number of halogens is 2. The van der Waals surface area contributed by atoms with Gasteiger partial charge in [0.15, 0.2) is 0 Å². The molecule has 1 fully saturated rings. The Morgan fingerprint density at radius 3 is 1.65 bits per heavy atom. The van der Waals surface area contributed by atoms with Crippen molar-refractivity contribution in [2.24, 2.45) is 5.73 Å². The maximum Gasteiger partial charge on any atom is 0.251 e. The summed E-state index contributed by atoms with van der Waals surface area (Å²) in [6, 6.07) is 14.7. The smallest absolute Gasteiger partial charge is 0.251 e. The van der Waals surface area contributed by atoms with Crippen molar-refractivity contribution in [1.29, 1.82) is 0 Å². The van der Waals surface area contributed by atoms with Crippen molar-refractivity contribution in [2.75, 3.05) is 36.8 Å². The second-order valence-electron chi connectivity index (χ2n) is 11.8. The summed E-state index contributed by atoms with van der Waals surface area (Å²) in [5, 5.41) is 23.1. The van der Waals surface area contributed by atoms with Gasteiger partial charge in [0.25, 0.3) is 5.91 Å². The summed E-state index contributed by atoms with van der Waals surface area (Å²) in [5.74, 6) is -0.641. The van der Waals surface area contributed by atoms with E-state index in [0.29, 0.717) is 68.3 Å². The summed E-state index contributed by atoms with van der Waals surface area (Å²) in [4.78, 5) is 59.8. The van der Waals surface area contributed by atoms with Crippen LogP contribution in [0.4, 0.5) is 11.4 Å². The Hall–Kier alpha value is -3.75. The lowest BCUT2D eigenvalue weighted by Gasteiger charge is -2.09. The predicted molar refractivity (Wildman–Crippen MR) is 194 cm³/mol. The van der Waals surface area contributed by atoms with Crippen molar-refractivity contribution < 1.29 is 29.2 Å². The van der Waals surface area contributed by atoms with E-state index in [1.807, 2.05) is 24.3 Å². The van der Waals surface area contributed by atoms with E-state index >= 15 is 0 Å². The lowest BCUT2D eigenvalue weighted by molar-refractivity contribution is -0.129. The monoisotopic (exact) mass is 723 g/mol. The van der Waals surface area contributed by atoms with Crippen LogP contribution in [-0.4, -0.2) is 67.0 Å². The lowest BCUT2D eigenvalue weighted by atomic mass is 10.1. The van der Waals surface area contributed by atoms with Gasteiger partial charge in [0.2, 0.25) is 23.6 Å². The fourth-order valence-corrected chi connectivity index (χ4v) is 4.94. The van der Waals surface area contributed by atoms with Gasteiger partial charge in [-0.25, -0.2) is 5.48 Å². The molecule has 15 heteroatoms. The molecule has 13 nitrogen and oxygen atoms in total. The minimum Gasteiger partial charge on any atom is -0.356 e. The Morgan fingerprint density at radius 2 is 1.10 bits per heavy atom. The molecule has 9 N–H and O–H groups in total. The van der Waals surface area contributed by atoms with E-state index in [2.05, 4.69) is 26.6 Å². The highest BCUT2D eigenvalue weighted by atomic mass is 35.5. The van der Waals surface area contributed by atoms with Gasteiger partial charge in [-0.15, -0.1) is 24.8 Å². The van der Waals surface area contributed by atoms with Gasteiger partial charge in [-0.1, -0.05) is 25.0 Å². The SMILES string of the molecule is Cl.Cl.N[C@@H]1C[C@H]1c1ccc(NC(=O)CCC(=O)NCCCNCCCNC(=O)c2ccc(NC(=O)CCCCCCC(=O)NO)cc2)cc1. The van der Waals surface area contributed by atoms with Gasteiger partial charge in [-0.3, -0.25) is 29.2 Å². The van der Waals surface area contributed by atoms with Crippen molar-refractivity contribution in [3.63, 3.8) is 0 Å². The third kappa shape index (κ3) is 18.0. The summed E-state index contributed by atoms with van der Waals surface area (Å²) in [6.45, 7) is 2.45. The maximum absolute atomic E-state index is 12.4. The number of carbonyl (C=O) groups is 5. The van der Waals surface area contributed by atoms with E-state index in [1.165, 1.54) is 5.56 Å². The summed E-state index contributed by atoms with van der Waals surface area (Å²) in [5.41, 5.74) is 10.5. The number of carbonyl (C=O) groups excluding carboxylic acids is 5. The van der Waals surface area contributed by atoms with Crippen LogP contribution in [0.5, 0.6) is 0 Å². The number of hydrogen-bond donors (Lipinski definition) is 8. The van der Waals surface area contributed by atoms with Crippen LogP contribution in [0.15, 0.2) is 48.5 Å². The number of hydroxylamine groups is 1. The fraction of sp³-hybridized carbons (Fsp3) is 0.500. The average molecular weight is 725 g/mol. The molecule has 0 aromatic heterocycles. The molecule has 2 aromatic carbocycles. The quantitative estimate of drug-likeness (QED) is 0.0509. The Balaban J connectivity index is 0.00000600. The molecule has 1 aliphatic rings. The minimum atomic E-state index is -0.404. The Bertz CT molecular complexity index is 1320. The topological polar surface area (TPSA) is 204 Å². The Morgan fingerprint density at radius 1 is 0.612 bits per heavy atom. The first-order valence-corrected chi connectivity index (χ1v) is 16.5. The molecule has 0 saturated heterocycles. The molecule has 5 amide bonds. The van der Waals surface area contributed by atoms with Crippen LogP contribution in [0.3, 0.4) is 0 Å². The van der Waals surface area contributed by atoms with Crippen molar-refractivity contribution >= 4 is 65.7 Å². The van der Waals surface area contributed by atoms with Crippen molar-refractivity contribution in [1.82, 2.24) is 21.4 Å². The fourth-order valence-electron chi connectivity index (χ4n) is 4.94. The van der Waals surface area contributed by atoms with Gasteiger partial charge in [-0.05, 0) is 87.2 Å². The second kappa shape index (κ2) is 24.4. The summed E-state index contributed by atoms with van der Waals surface area (Å²) in [7, 11) is 0. The van der Waals surface area contributed by atoms with Crippen LogP contribution in [0.25, 0.3) is 0 Å². The number of unbranched alkanes of at least 4 members (excludes halogenated alkanes) is 3. The third-order valence-corrected chi connectivity index (χ3v) is 7.82. The summed E-state index contributed by atoms with van der Waals surface area (Å²) < 4.78 is 0. The van der Waals surface area contributed by atoms with Crippen LogP contribution in [0.1, 0.15) is 92.5 Å². The van der Waals surface area contributed by atoms with Crippen LogP contribution in [0.2, 0.25) is 0 Å². The molecule has 49 heavy (non-hydrogen) atoms. The number of amides is 5. The standard InChI is InChI=1S/C34H49N7O6.2ClH/c35-29-23-28(29)24-9-13-26(14-10-24)40-32(44)18-17-30(42)37-21-5-19-36-20-6-22-38-34(46)25-11-15-27(16-12-25)39-31(43)7-3-1-2-4-8-33(45)41-47;;/h9-16,28-29,36,47H,1-8,17-23,35H2,(H,37,42)(H,38,46)(H,39,43)(H,40,44)(H,41,45);2*1H/t28-,29+;;/m0../s1. The number of nitrogens with two attached hydrogens (primary N) is 1. The molecule has 0 radical (unpaired) electrons. The van der Waals surface area contributed by atoms with Crippen molar-refractivity contribution in [3.05, 3.63) is 59.7 Å². The number of benzene rings is 2. The minimum absolute atomic E-state index is 0.